The number of hydrogen-bond donors (Lipinski definition) is 1. The zero-order valence-electron chi connectivity index (χ0n) is 13.5. The van der Waals surface area contributed by atoms with Crippen molar-refractivity contribution in [3.8, 4) is 5.75 Å². The van der Waals surface area contributed by atoms with E-state index in [4.69, 9.17) is 9.47 Å². The number of carbonyl (C=O) groups is 2. The second-order valence-electron chi connectivity index (χ2n) is 6.66. The Kier molecular flexibility index (Phi) is 3.22. The Morgan fingerprint density at radius 1 is 1.50 bits per heavy atom. The van der Waals surface area contributed by atoms with E-state index in [1.54, 1.807) is 18.1 Å². The molecule has 2 bridgehead atoms. The van der Waals surface area contributed by atoms with Gasteiger partial charge in [0.1, 0.15) is 17.3 Å². The Bertz CT molecular complexity index is 745. The number of amides is 1. The van der Waals surface area contributed by atoms with E-state index in [9.17, 15) is 14.7 Å². The summed E-state index contributed by atoms with van der Waals surface area (Å²) in [6.45, 7) is 2.32. The molecule has 5 unspecified atom stereocenters. The molecule has 4 rings (SSSR count). The minimum absolute atomic E-state index is 0.149. The average molecular weight is 329 g/mol. The van der Waals surface area contributed by atoms with Crippen LogP contribution in [0.5, 0.6) is 5.75 Å². The van der Waals surface area contributed by atoms with E-state index in [1.165, 1.54) is 0 Å². The van der Waals surface area contributed by atoms with Crippen LogP contribution >= 0.6 is 0 Å². The predicted molar refractivity (Wildman–Crippen MR) is 84.5 cm³/mol. The SMILES string of the molecule is COc1cccc(C(C)N2CC34C=CC(O3)C(C(=O)O)C4C2=O)c1. The molecule has 3 heterocycles. The van der Waals surface area contributed by atoms with Gasteiger partial charge in [-0.05, 0) is 24.6 Å². The Labute approximate surface area is 139 Å². The molecule has 6 heteroatoms. The molecule has 5 atom stereocenters. The lowest BCUT2D eigenvalue weighted by Gasteiger charge is -2.27. The van der Waals surface area contributed by atoms with Gasteiger partial charge in [-0.15, -0.1) is 0 Å². The van der Waals surface area contributed by atoms with Crippen molar-refractivity contribution in [2.75, 3.05) is 13.7 Å². The van der Waals surface area contributed by atoms with Gasteiger partial charge in [-0.25, -0.2) is 0 Å². The summed E-state index contributed by atoms with van der Waals surface area (Å²) in [6.07, 6.45) is 3.16. The van der Waals surface area contributed by atoms with Crippen LogP contribution in [0.3, 0.4) is 0 Å². The van der Waals surface area contributed by atoms with Gasteiger partial charge in [0.25, 0.3) is 0 Å². The summed E-state index contributed by atoms with van der Waals surface area (Å²) < 4.78 is 11.2. The van der Waals surface area contributed by atoms with Crippen molar-refractivity contribution in [3.63, 3.8) is 0 Å². The number of carboxylic acid groups (broad SMARTS) is 1. The number of carboxylic acids is 1. The normalized spacial score (nSPS) is 34.5. The lowest BCUT2D eigenvalue weighted by molar-refractivity contribution is -0.148. The molecule has 0 radical (unpaired) electrons. The van der Waals surface area contributed by atoms with Gasteiger partial charge in [-0.1, -0.05) is 24.3 Å². The van der Waals surface area contributed by atoms with Crippen molar-refractivity contribution in [2.45, 2.75) is 24.7 Å². The standard InChI is InChI=1S/C18H19NO5/c1-10(11-4-3-5-12(8-11)23-2)19-9-18-7-6-13(24-18)14(17(21)22)15(18)16(19)20/h3-8,10,13-15H,9H2,1-2H3,(H,21,22). The van der Waals surface area contributed by atoms with Gasteiger partial charge in [0.15, 0.2) is 0 Å². The third-order valence-corrected chi connectivity index (χ3v) is 5.46. The maximum Gasteiger partial charge on any atom is 0.310 e. The molecule has 2 saturated heterocycles. The minimum Gasteiger partial charge on any atom is -0.497 e. The van der Waals surface area contributed by atoms with Crippen molar-refractivity contribution in [1.29, 1.82) is 0 Å². The number of likely N-dealkylation sites (tertiary alicyclic amines) is 1. The molecule has 24 heavy (non-hydrogen) atoms. The molecule has 0 aromatic heterocycles. The van der Waals surface area contributed by atoms with E-state index >= 15 is 0 Å². The Morgan fingerprint density at radius 3 is 3.00 bits per heavy atom. The van der Waals surface area contributed by atoms with E-state index in [-0.39, 0.29) is 11.9 Å². The van der Waals surface area contributed by atoms with Crippen LogP contribution in [0, 0.1) is 11.8 Å². The zero-order valence-corrected chi connectivity index (χ0v) is 13.5. The number of nitrogens with zero attached hydrogens (tertiary/aromatic N) is 1. The van der Waals surface area contributed by atoms with Crippen LogP contribution in [0.2, 0.25) is 0 Å². The summed E-state index contributed by atoms with van der Waals surface area (Å²) in [5.74, 6) is -1.84. The fourth-order valence-electron chi connectivity index (χ4n) is 4.22. The zero-order chi connectivity index (χ0) is 17.1. The highest BCUT2D eigenvalue weighted by atomic mass is 16.5. The lowest BCUT2D eigenvalue weighted by atomic mass is 9.77. The van der Waals surface area contributed by atoms with E-state index in [2.05, 4.69) is 0 Å². The van der Waals surface area contributed by atoms with Crippen molar-refractivity contribution in [3.05, 3.63) is 42.0 Å². The number of methoxy groups -OCH3 is 1. The van der Waals surface area contributed by atoms with Crippen LogP contribution in [0.25, 0.3) is 0 Å². The highest BCUT2D eigenvalue weighted by Crippen LogP contribution is 2.53. The predicted octanol–water partition coefficient (Wildman–Crippen LogP) is 1.62. The second kappa shape index (κ2) is 5.08. The van der Waals surface area contributed by atoms with Gasteiger partial charge in [-0.3, -0.25) is 9.59 Å². The number of aliphatic carboxylic acids is 1. The molecule has 0 aliphatic carbocycles. The second-order valence-corrected chi connectivity index (χ2v) is 6.66. The molecule has 1 aromatic carbocycles. The first-order valence-electron chi connectivity index (χ1n) is 8.01. The number of rotatable bonds is 4. The molecule has 3 aliphatic rings. The smallest absolute Gasteiger partial charge is 0.310 e. The van der Waals surface area contributed by atoms with Gasteiger partial charge < -0.3 is 19.5 Å². The van der Waals surface area contributed by atoms with E-state index in [0.717, 1.165) is 11.3 Å². The molecule has 0 saturated carbocycles. The average Bonchev–Trinajstić information content (AvgIpc) is 3.22. The van der Waals surface area contributed by atoms with Crippen LogP contribution in [-0.4, -0.2) is 47.2 Å². The Hall–Kier alpha value is -2.34. The van der Waals surface area contributed by atoms with E-state index < -0.39 is 29.5 Å². The van der Waals surface area contributed by atoms with Crippen molar-refractivity contribution >= 4 is 11.9 Å². The topological polar surface area (TPSA) is 76.1 Å². The summed E-state index contributed by atoms with van der Waals surface area (Å²) >= 11 is 0. The fourth-order valence-corrected chi connectivity index (χ4v) is 4.22. The first-order chi connectivity index (χ1) is 11.5. The van der Waals surface area contributed by atoms with Gasteiger partial charge in [0.2, 0.25) is 5.91 Å². The first kappa shape index (κ1) is 15.2. The molecular formula is C18H19NO5. The number of hydrogen-bond acceptors (Lipinski definition) is 4. The monoisotopic (exact) mass is 329 g/mol. The maximum atomic E-state index is 13.0. The summed E-state index contributed by atoms with van der Waals surface area (Å²) in [6, 6.07) is 7.38. The quantitative estimate of drug-likeness (QED) is 0.850. The van der Waals surface area contributed by atoms with Gasteiger partial charge in [-0.2, -0.15) is 0 Å². The molecular weight excluding hydrogens is 310 g/mol. The van der Waals surface area contributed by atoms with Gasteiger partial charge in [0.05, 0.1) is 31.7 Å². The number of fused-ring (bicyclic) bond motifs is 1. The van der Waals surface area contributed by atoms with Crippen LogP contribution in [0.15, 0.2) is 36.4 Å². The van der Waals surface area contributed by atoms with E-state index in [1.807, 2.05) is 37.3 Å². The minimum atomic E-state index is -0.972. The van der Waals surface area contributed by atoms with Crippen molar-refractivity contribution < 1.29 is 24.2 Å². The maximum absolute atomic E-state index is 13.0. The fraction of sp³-hybridized carbons (Fsp3) is 0.444. The number of carbonyl (C=O) groups excluding carboxylic acids is 1. The summed E-state index contributed by atoms with van der Waals surface area (Å²) in [5.41, 5.74) is 0.155. The molecule has 6 nitrogen and oxygen atoms in total. The van der Waals surface area contributed by atoms with Crippen LogP contribution in [0.4, 0.5) is 0 Å². The molecule has 126 valence electrons. The molecule has 1 spiro atoms. The summed E-state index contributed by atoms with van der Waals surface area (Å²) in [7, 11) is 1.60. The molecule has 1 amide bonds. The summed E-state index contributed by atoms with van der Waals surface area (Å²) in [5, 5.41) is 9.51. The largest absolute Gasteiger partial charge is 0.497 e. The number of benzene rings is 1. The van der Waals surface area contributed by atoms with E-state index in [0.29, 0.717) is 6.54 Å². The molecule has 3 aliphatic heterocycles. The van der Waals surface area contributed by atoms with Crippen LogP contribution < -0.4 is 4.74 Å². The molecule has 2 fully saturated rings. The first-order valence-corrected chi connectivity index (χ1v) is 8.01. The highest BCUT2D eigenvalue weighted by Gasteiger charge is 2.67. The van der Waals surface area contributed by atoms with Crippen molar-refractivity contribution in [1.82, 2.24) is 4.90 Å². The van der Waals surface area contributed by atoms with Gasteiger partial charge in [0, 0.05) is 0 Å². The van der Waals surface area contributed by atoms with Gasteiger partial charge >= 0.3 is 5.97 Å². The lowest BCUT2D eigenvalue weighted by Crippen LogP contribution is -2.39. The Balaban J connectivity index is 1.66. The molecule has 1 aromatic rings. The third kappa shape index (κ3) is 1.92. The van der Waals surface area contributed by atoms with Crippen LogP contribution in [0.1, 0.15) is 18.5 Å². The summed E-state index contributed by atoms with van der Waals surface area (Å²) in [4.78, 5) is 26.3. The highest BCUT2D eigenvalue weighted by molar-refractivity contribution is 5.91. The Morgan fingerprint density at radius 2 is 2.29 bits per heavy atom. The third-order valence-electron chi connectivity index (χ3n) is 5.46. The van der Waals surface area contributed by atoms with Crippen molar-refractivity contribution in [2.24, 2.45) is 11.8 Å². The molecule has 1 N–H and O–H groups in total. The number of ether oxygens (including phenoxy) is 2. The van der Waals surface area contributed by atoms with Crippen LogP contribution in [-0.2, 0) is 14.3 Å².